The molecule has 0 heterocycles. The molecule has 2 aromatic carbocycles. The van der Waals surface area contributed by atoms with Gasteiger partial charge in [-0.05, 0) is 42.3 Å². The van der Waals surface area contributed by atoms with Crippen LogP contribution in [0.3, 0.4) is 0 Å². The minimum Gasteiger partial charge on any atom is -0.321 e. The summed E-state index contributed by atoms with van der Waals surface area (Å²) >= 11 is 0. The molecule has 6 nitrogen and oxygen atoms in total. The number of anilines is 1. The highest BCUT2D eigenvalue weighted by atomic mass is 16.5. The largest absolute Gasteiger partial charge is 0.321 e. The van der Waals surface area contributed by atoms with Crippen LogP contribution >= 0.6 is 0 Å². The van der Waals surface area contributed by atoms with Crippen molar-refractivity contribution in [2.75, 3.05) is 5.32 Å². The van der Waals surface area contributed by atoms with E-state index in [0.717, 1.165) is 11.6 Å². The maximum atomic E-state index is 12.5. The first-order chi connectivity index (χ1) is 12.0. The average Bonchev–Trinajstić information content (AvgIpc) is 2.60. The van der Waals surface area contributed by atoms with Gasteiger partial charge in [-0.2, -0.15) is 0 Å². The topological polar surface area (TPSA) is 95.5 Å². The van der Waals surface area contributed by atoms with Crippen molar-refractivity contribution in [3.8, 4) is 0 Å². The lowest BCUT2D eigenvalue weighted by Crippen LogP contribution is -2.15. The van der Waals surface area contributed by atoms with E-state index in [2.05, 4.69) is 5.32 Å². The molecule has 0 bridgehead atoms. The molecule has 0 saturated carbocycles. The maximum absolute atomic E-state index is 12.5. The lowest BCUT2D eigenvalue weighted by atomic mass is 10.1. The number of carbonyl (C=O) groups excluding carboxylic acids is 3. The zero-order valence-corrected chi connectivity index (χ0v) is 13.7. The van der Waals surface area contributed by atoms with E-state index in [1.54, 1.807) is 48.5 Å². The summed E-state index contributed by atoms with van der Waals surface area (Å²) in [5, 5.41) is 11.3. The quantitative estimate of drug-likeness (QED) is 0.428. The van der Waals surface area contributed by atoms with E-state index in [1.165, 1.54) is 18.5 Å². The van der Waals surface area contributed by atoms with Gasteiger partial charge in [-0.25, -0.2) is 5.48 Å². The molecular weight excluding hydrogens is 320 g/mol. The van der Waals surface area contributed by atoms with E-state index in [9.17, 15) is 14.4 Å². The van der Waals surface area contributed by atoms with Crippen molar-refractivity contribution in [1.29, 1.82) is 0 Å². The fourth-order valence-corrected chi connectivity index (χ4v) is 2.26. The molecule has 0 atom stereocenters. The zero-order chi connectivity index (χ0) is 18.2. The molecule has 0 spiro atoms. The van der Waals surface area contributed by atoms with E-state index < -0.39 is 5.91 Å². The standard InChI is InChI=1S/C19H18N2O4/c1-13(22)11-14-5-4-7-16(12-14)19(24)20-17-8-3-2-6-15(17)9-10-18(23)21-25/h2-10,12,25H,11H2,1H3,(H,20,24)(H,21,23)/b10-9+. The van der Waals surface area contributed by atoms with Crippen LogP contribution < -0.4 is 10.8 Å². The number of ketones is 1. The lowest BCUT2D eigenvalue weighted by Gasteiger charge is -2.09. The average molecular weight is 338 g/mol. The molecular formula is C19H18N2O4. The summed E-state index contributed by atoms with van der Waals surface area (Å²) in [6.07, 6.45) is 2.91. The molecule has 128 valence electrons. The van der Waals surface area contributed by atoms with Crippen LogP contribution in [-0.4, -0.2) is 22.8 Å². The van der Waals surface area contributed by atoms with Gasteiger partial charge in [-0.15, -0.1) is 0 Å². The predicted molar refractivity (Wildman–Crippen MR) is 94.2 cm³/mol. The van der Waals surface area contributed by atoms with Crippen molar-refractivity contribution in [1.82, 2.24) is 5.48 Å². The number of hydrogen-bond donors (Lipinski definition) is 3. The number of Topliss-reactive ketones (excluding diaryl/α,β-unsaturated/α-hetero) is 1. The summed E-state index contributed by atoms with van der Waals surface area (Å²) in [6, 6.07) is 13.8. The molecule has 0 aliphatic rings. The number of hydrogen-bond acceptors (Lipinski definition) is 4. The van der Waals surface area contributed by atoms with Crippen molar-refractivity contribution in [2.45, 2.75) is 13.3 Å². The van der Waals surface area contributed by atoms with Crippen molar-refractivity contribution >= 4 is 29.4 Å². The Balaban J connectivity index is 2.20. The Labute approximate surface area is 145 Å². The molecule has 6 heteroatoms. The SMILES string of the molecule is CC(=O)Cc1cccc(C(=O)Nc2ccccc2/C=C/C(=O)NO)c1. The first-order valence-electron chi connectivity index (χ1n) is 7.60. The highest BCUT2D eigenvalue weighted by Gasteiger charge is 2.09. The summed E-state index contributed by atoms with van der Waals surface area (Å²) in [4.78, 5) is 34.8. The molecule has 25 heavy (non-hydrogen) atoms. The third kappa shape index (κ3) is 5.40. The van der Waals surface area contributed by atoms with Crippen LogP contribution in [0.2, 0.25) is 0 Å². The van der Waals surface area contributed by atoms with Crippen LogP contribution in [0.15, 0.2) is 54.6 Å². The Hall–Kier alpha value is -3.25. The Morgan fingerprint density at radius 3 is 2.56 bits per heavy atom. The number of benzene rings is 2. The fourth-order valence-electron chi connectivity index (χ4n) is 2.26. The normalized spacial score (nSPS) is 10.5. The van der Waals surface area contributed by atoms with E-state index in [0.29, 0.717) is 16.8 Å². The zero-order valence-electron chi connectivity index (χ0n) is 13.7. The second-order valence-electron chi connectivity index (χ2n) is 5.43. The summed E-state index contributed by atoms with van der Waals surface area (Å²) in [5.74, 6) is -0.967. The predicted octanol–water partition coefficient (Wildman–Crippen LogP) is 2.59. The van der Waals surface area contributed by atoms with Gasteiger partial charge >= 0.3 is 0 Å². The summed E-state index contributed by atoms with van der Waals surface area (Å²) in [7, 11) is 0. The Kier molecular flexibility index (Phi) is 6.20. The van der Waals surface area contributed by atoms with Crippen LogP contribution in [0.4, 0.5) is 5.69 Å². The second-order valence-corrected chi connectivity index (χ2v) is 5.43. The first-order valence-corrected chi connectivity index (χ1v) is 7.60. The van der Waals surface area contributed by atoms with Crippen LogP contribution in [0.1, 0.15) is 28.4 Å². The highest BCUT2D eigenvalue weighted by Crippen LogP contribution is 2.18. The Bertz CT molecular complexity index is 828. The molecule has 0 aliphatic carbocycles. The molecule has 3 N–H and O–H groups in total. The Morgan fingerprint density at radius 2 is 1.84 bits per heavy atom. The second kappa shape index (κ2) is 8.56. The number of para-hydroxylation sites is 1. The van der Waals surface area contributed by atoms with E-state index in [4.69, 9.17) is 5.21 Å². The third-order valence-corrected chi connectivity index (χ3v) is 3.38. The van der Waals surface area contributed by atoms with Gasteiger partial charge in [0.25, 0.3) is 11.8 Å². The monoisotopic (exact) mass is 338 g/mol. The van der Waals surface area contributed by atoms with Crippen molar-refractivity contribution in [2.24, 2.45) is 0 Å². The van der Waals surface area contributed by atoms with Crippen molar-refractivity contribution < 1.29 is 19.6 Å². The van der Waals surface area contributed by atoms with Gasteiger partial charge in [-0.3, -0.25) is 19.6 Å². The lowest BCUT2D eigenvalue weighted by molar-refractivity contribution is -0.124. The molecule has 2 amide bonds. The molecule has 0 unspecified atom stereocenters. The molecule has 0 aliphatic heterocycles. The van der Waals surface area contributed by atoms with Gasteiger partial charge < -0.3 is 5.32 Å². The van der Waals surface area contributed by atoms with Crippen LogP contribution in [0.25, 0.3) is 6.08 Å². The van der Waals surface area contributed by atoms with E-state index >= 15 is 0 Å². The highest BCUT2D eigenvalue weighted by molar-refractivity contribution is 6.05. The minimum absolute atomic E-state index is 0.0233. The number of carbonyl (C=O) groups is 3. The number of nitrogens with one attached hydrogen (secondary N) is 2. The molecule has 0 aromatic heterocycles. The van der Waals surface area contributed by atoms with Gasteiger partial charge in [0.1, 0.15) is 5.78 Å². The minimum atomic E-state index is -0.668. The van der Waals surface area contributed by atoms with Crippen LogP contribution in [-0.2, 0) is 16.0 Å². The third-order valence-electron chi connectivity index (χ3n) is 3.38. The Morgan fingerprint density at radius 1 is 1.08 bits per heavy atom. The van der Waals surface area contributed by atoms with Gasteiger partial charge in [0.2, 0.25) is 0 Å². The van der Waals surface area contributed by atoms with Crippen molar-refractivity contribution in [3.05, 3.63) is 71.3 Å². The number of amides is 2. The fraction of sp³-hybridized carbons (Fsp3) is 0.105. The van der Waals surface area contributed by atoms with Crippen LogP contribution in [0.5, 0.6) is 0 Å². The summed E-state index contributed by atoms with van der Waals surface area (Å²) in [5.41, 5.74) is 3.84. The molecule has 2 rings (SSSR count). The van der Waals surface area contributed by atoms with Gasteiger partial charge in [0.05, 0.1) is 0 Å². The van der Waals surface area contributed by atoms with Gasteiger partial charge in [0.15, 0.2) is 0 Å². The molecule has 0 saturated heterocycles. The maximum Gasteiger partial charge on any atom is 0.267 e. The molecule has 0 radical (unpaired) electrons. The van der Waals surface area contributed by atoms with E-state index in [-0.39, 0.29) is 18.1 Å². The first kappa shape index (κ1) is 18.1. The van der Waals surface area contributed by atoms with Crippen molar-refractivity contribution in [3.63, 3.8) is 0 Å². The smallest absolute Gasteiger partial charge is 0.267 e. The van der Waals surface area contributed by atoms with Crippen LogP contribution in [0, 0.1) is 0 Å². The molecule has 2 aromatic rings. The van der Waals surface area contributed by atoms with Gasteiger partial charge in [0, 0.05) is 23.7 Å². The summed E-state index contributed by atoms with van der Waals surface area (Å²) in [6.45, 7) is 1.50. The number of rotatable bonds is 6. The van der Waals surface area contributed by atoms with Gasteiger partial charge in [-0.1, -0.05) is 30.3 Å². The summed E-state index contributed by atoms with van der Waals surface area (Å²) < 4.78 is 0. The molecule has 0 fully saturated rings. The number of hydroxylamine groups is 1. The van der Waals surface area contributed by atoms with E-state index in [1.807, 2.05) is 0 Å².